The van der Waals surface area contributed by atoms with Crippen molar-refractivity contribution < 1.29 is 0 Å². The first-order chi connectivity index (χ1) is 3.68. The minimum absolute atomic E-state index is 0.671. The van der Waals surface area contributed by atoms with Gasteiger partial charge in [0.25, 0.3) is 0 Å². The van der Waals surface area contributed by atoms with E-state index in [0.29, 0.717) is 0 Å². The maximum Gasteiger partial charge on any atom is 0.0971 e. The van der Waals surface area contributed by atoms with E-state index in [1.54, 1.807) is 0 Å². The van der Waals surface area contributed by atoms with E-state index in [2.05, 4.69) is 28.2 Å². The average molecular weight is 128 g/mol. The number of hydrogen-bond donors (Lipinski definition) is 0. The van der Waals surface area contributed by atoms with Crippen LogP contribution < -0.4 is 0 Å². The molecule has 0 aromatic heterocycles. The van der Waals surface area contributed by atoms with Crippen LogP contribution >= 0.6 is 0 Å². The van der Waals surface area contributed by atoms with E-state index in [9.17, 15) is 0 Å². The molecule has 0 aromatic rings. The molecule has 0 amide bonds. The van der Waals surface area contributed by atoms with Crippen LogP contribution in [0.2, 0.25) is 18.1 Å². The Morgan fingerprint density at radius 1 is 1.00 bits per heavy atom. The molecule has 0 aliphatic heterocycles. The Balaban J connectivity index is 3.58. The summed E-state index contributed by atoms with van der Waals surface area (Å²) < 4.78 is 0. The van der Waals surface area contributed by atoms with E-state index in [0.717, 1.165) is 0 Å². The van der Waals surface area contributed by atoms with Gasteiger partial charge < -0.3 is 0 Å². The molecule has 0 bridgehead atoms. The second kappa shape index (κ2) is 3.34. The highest BCUT2D eigenvalue weighted by molar-refractivity contribution is 7.17. The van der Waals surface area contributed by atoms with Crippen molar-refractivity contribution >= 4 is 15.4 Å². The van der Waals surface area contributed by atoms with E-state index >= 15 is 0 Å². The van der Waals surface area contributed by atoms with Crippen molar-refractivity contribution in [1.29, 1.82) is 0 Å². The van der Waals surface area contributed by atoms with Crippen molar-refractivity contribution in [3.63, 3.8) is 0 Å². The quantitative estimate of drug-likeness (QED) is 0.506. The van der Waals surface area contributed by atoms with E-state index in [-0.39, 0.29) is 0 Å². The zero-order chi connectivity index (χ0) is 6.62. The summed E-state index contributed by atoms with van der Waals surface area (Å²) in [6.45, 7) is 7.00. The van der Waals surface area contributed by atoms with Gasteiger partial charge in [-0.3, -0.25) is 0 Å². The van der Waals surface area contributed by atoms with Gasteiger partial charge in [-0.05, 0) is 0 Å². The lowest BCUT2D eigenvalue weighted by Gasteiger charge is -2.21. The van der Waals surface area contributed by atoms with Gasteiger partial charge in [0.05, 0.1) is 7.44 Å². The maximum atomic E-state index is 2.49. The second-order valence-electron chi connectivity index (χ2n) is 2.87. The molecule has 0 atom stereocenters. The SMILES string of the molecule is B[Si](CC)(CC)CC. The normalized spacial score (nSPS) is 11.9. The predicted octanol–water partition coefficient (Wildman–Crippen LogP) is 1.62. The number of rotatable bonds is 3. The Bertz CT molecular complexity index is 51.3. The predicted molar refractivity (Wildman–Crippen MR) is 45.7 cm³/mol. The monoisotopic (exact) mass is 128 g/mol. The summed E-state index contributed by atoms with van der Waals surface area (Å²) >= 11 is 0. The molecule has 48 valence electrons. The van der Waals surface area contributed by atoms with Crippen molar-refractivity contribution in [1.82, 2.24) is 0 Å². The topological polar surface area (TPSA) is 0 Å². The zero-order valence-electron chi connectivity index (χ0n) is 6.62. The molecular formula is C6H17BSi. The van der Waals surface area contributed by atoms with Gasteiger partial charge in [-0.25, -0.2) is 0 Å². The van der Waals surface area contributed by atoms with Gasteiger partial charge >= 0.3 is 0 Å². The van der Waals surface area contributed by atoms with Gasteiger partial charge in [0.1, 0.15) is 0 Å². The van der Waals surface area contributed by atoms with Gasteiger partial charge in [0.15, 0.2) is 0 Å². The Kier molecular flexibility index (Phi) is 3.45. The molecule has 0 aliphatic rings. The molecule has 0 unspecified atom stereocenters. The minimum atomic E-state index is -0.671. The smallest absolute Gasteiger partial charge is 0.0683 e. The average Bonchev–Trinajstić information content (AvgIpc) is 1.87. The first kappa shape index (κ1) is 8.28. The molecule has 0 spiro atoms. The molecule has 0 heterocycles. The molecule has 0 rings (SSSR count). The van der Waals surface area contributed by atoms with Crippen LogP contribution in [0.1, 0.15) is 20.8 Å². The van der Waals surface area contributed by atoms with Crippen molar-refractivity contribution in [2.24, 2.45) is 0 Å². The summed E-state index contributed by atoms with van der Waals surface area (Å²) in [5, 5.41) is 0. The Labute approximate surface area is 55.0 Å². The van der Waals surface area contributed by atoms with Crippen LogP contribution in [0.4, 0.5) is 0 Å². The largest absolute Gasteiger partial charge is 0.0971 e. The Hall–Kier alpha value is 0.282. The fraction of sp³-hybridized carbons (Fsp3) is 1.00. The van der Waals surface area contributed by atoms with Crippen LogP contribution in [0, 0.1) is 0 Å². The lowest BCUT2D eigenvalue weighted by molar-refractivity contribution is 1.22. The Morgan fingerprint density at radius 3 is 1.25 bits per heavy atom. The minimum Gasteiger partial charge on any atom is -0.0683 e. The van der Waals surface area contributed by atoms with Gasteiger partial charge in [-0.2, -0.15) is 0 Å². The molecule has 0 radical (unpaired) electrons. The highest BCUT2D eigenvalue weighted by Gasteiger charge is 2.18. The third kappa shape index (κ3) is 2.03. The zero-order valence-corrected chi connectivity index (χ0v) is 7.62. The highest BCUT2D eigenvalue weighted by atomic mass is 28.3. The molecule has 8 heavy (non-hydrogen) atoms. The van der Waals surface area contributed by atoms with E-state index in [4.69, 9.17) is 0 Å². The summed E-state index contributed by atoms with van der Waals surface area (Å²) in [7, 11) is 1.82. The molecule has 0 fully saturated rings. The van der Waals surface area contributed by atoms with E-state index in [1.807, 2.05) is 0 Å². The molecule has 0 saturated heterocycles. The summed E-state index contributed by atoms with van der Waals surface area (Å²) in [5.41, 5.74) is 0. The summed E-state index contributed by atoms with van der Waals surface area (Å²) in [5.74, 6) is 0. The Morgan fingerprint density at radius 2 is 1.25 bits per heavy atom. The van der Waals surface area contributed by atoms with Crippen molar-refractivity contribution in [3.05, 3.63) is 0 Å². The van der Waals surface area contributed by atoms with Crippen LogP contribution in [-0.2, 0) is 0 Å². The van der Waals surface area contributed by atoms with Gasteiger partial charge in [0, 0.05) is 7.94 Å². The van der Waals surface area contributed by atoms with Crippen LogP contribution in [0.15, 0.2) is 0 Å². The van der Waals surface area contributed by atoms with Crippen molar-refractivity contribution in [2.75, 3.05) is 0 Å². The first-order valence-corrected chi connectivity index (χ1v) is 6.80. The van der Waals surface area contributed by atoms with Gasteiger partial charge in [-0.15, -0.1) is 0 Å². The first-order valence-electron chi connectivity index (χ1n) is 3.68. The van der Waals surface area contributed by atoms with Crippen molar-refractivity contribution in [2.45, 2.75) is 38.9 Å². The summed E-state index contributed by atoms with van der Waals surface area (Å²) in [4.78, 5) is 0. The number of hydrogen-bond acceptors (Lipinski definition) is 0. The van der Waals surface area contributed by atoms with E-state index < -0.39 is 7.94 Å². The van der Waals surface area contributed by atoms with Crippen LogP contribution in [-0.4, -0.2) is 15.4 Å². The van der Waals surface area contributed by atoms with E-state index in [1.165, 1.54) is 18.1 Å². The van der Waals surface area contributed by atoms with Gasteiger partial charge in [-0.1, -0.05) is 38.9 Å². The highest BCUT2D eigenvalue weighted by Crippen LogP contribution is 2.14. The molecule has 0 aromatic carbocycles. The molecule has 0 nitrogen and oxygen atoms in total. The van der Waals surface area contributed by atoms with Crippen LogP contribution in [0.5, 0.6) is 0 Å². The van der Waals surface area contributed by atoms with Crippen LogP contribution in [0.25, 0.3) is 0 Å². The lowest BCUT2D eigenvalue weighted by atomic mass is 10.7. The molecular weight excluding hydrogens is 111 g/mol. The standard InChI is InChI=1S/C6H17BSi/c1-4-8(7,5-2)6-3/h4-7H2,1-3H3. The summed E-state index contributed by atoms with van der Waals surface area (Å²) in [6.07, 6.45) is 0. The molecule has 0 N–H and O–H groups in total. The third-order valence-electron chi connectivity index (χ3n) is 2.56. The van der Waals surface area contributed by atoms with Crippen LogP contribution in [0.3, 0.4) is 0 Å². The molecule has 0 saturated carbocycles. The third-order valence-corrected chi connectivity index (χ3v) is 7.68. The summed E-state index contributed by atoms with van der Waals surface area (Å²) in [6, 6.07) is 4.38. The fourth-order valence-corrected chi connectivity index (χ4v) is 2.25. The fourth-order valence-electron chi connectivity index (χ4n) is 0.750. The van der Waals surface area contributed by atoms with Gasteiger partial charge in [0.2, 0.25) is 0 Å². The molecule has 0 aliphatic carbocycles. The maximum absolute atomic E-state index is 2.49. The van der Waals surface area contributed by atoms with Crippen molar-refractivity contribution in [3.8, 4) is 0 Å². The lowest BCUT2D eigenvalue weighted by Crippen LogP contribution is -2.31. The second-order valence-corrected chi connectivity index (χ2v) is 8.61. The molecule has 2 heteroatoms.